The average Bonchev–Trinajstić information content (AvgIpc) is 2.35. The quantitative estimate of drug-likeness (QED) is 0.480. The Balaban J connectivity index is 2.61. The number of H-pyrrole nitrogens is 1. The molecule has 0 aliphatic carbocycles. The molecule has 1 N–H and O–H groups in total. The van der Waals surface area contributed by atoms with Crippen molar-refractivity contribution in [2.45, 2.75) is 13.0 Å². The summed E-state index contributed by atoms with van der Waals surface area (Å²) in [4.78, 5) is 13.8. The molecule has 0 unspecified atom stereocenters. The van der Waals surface area contributed by atoms with Gasteiger partial charge in [0.25, 0.3) is 0 Å². The van der Waals surface area contributed by atoms with Crippen LogP contribution in [0.4, 0.5) is 0 Å². The third-order valence-corrected chi connectivity index (χ3v) is 1.63. The predicted molar refractivity (Wildman–Crippen MR) is 29.9 cm³/mol. The van der Waals surface area contributed by atoms with E-state index >= 15 is 0 Å². The maximum Gasteiger partial charge on any atom is 0.242 e. The summed E-state index contributed by atoms with van der Waals surface area (Å²) in [7, 11) is 0. The van der Waals surface area contributed by atoms with Crippen LogP contribution in [0.25, 0.3) is 0 Å². The maximum absolute atomic E-state index is 10.9. The molecule has 0 atom stereocenters. The number of aromatic amines is 1. The van der Waals surface area contributed by atoms with Crippen LogP contribution in [0.2, 0.25) is 0 Å². The van der Waals surface area contributed by atoms with Gasteiger partial charge in [0.05, 0.1) is 13.0 Å². The predicted octanol–water partition coefficient (Wildman–Crippen LogP) is -0.111. The Kier molecular flexibility index (Phi) is 0.754. The summed E-state index contributed by atoms with van der Waals surface area (Å²) in [5.41, 5.74) is 0.815. The molecule has 0 aromatic carbocycles. The van der Waals surface area contributed by atoms with E-state index in [0.717, 1.165) is 12.2 Å². The fourth-order valence-corrected chi connectivity index (χ4v) is 1.13. The Morgan fingerprint density at radius 2 is 2.56 bits per heavy atom. The first-order valence-corrected chi connectivity index (χ1v) is 2.97. The molecule has 46 valence electrons. The van der Waals surface area contributed by atoms with E-state index in [1.165, 1.54) is 0 Å². The van der Waals surface area contributed by atoms with Gasteiger partial charge in [-0.05, 0) is 0 Å². The van der Waals surface area contributed by atoms with E-state index in [9.17, 15) is 4.79 Å². The van der Waals surface area contributed by atoms with E-state index in [1.54, 1.807) is 6.20 Å². The van der Waals surface area contributed by atoms with E-state index in [0.29, 0.717) is 6.42 Å². The molecule has 0 saturated carbocycles. The Morgan fingerprint density at radius 1 is 1.67 bits per heavy atom. The Labute approximate surface area is 52.3 Å². The van der Waals surface area contributed by atoms with Gasteiger partial charge in [0.2, 0.25) is 17.8 Å². The molecule has 0 saturated heterocycles. The van der Waals surface area contributed by atoms with E-state index in [4.69, 9.17) is 0 Å². The van der Waals surface area contributed by atoms with Crippen LogP contribution >= 0.6 is 0 Å². The summed E-state index contributed by atoms with van der Waals surface area (Å²) in [5.74, 6) is 0.247. The Bertz CT molecular complexity index is 251. The van der Waals surface area contributed by atoms with Crippen LogP contribution in [0.3, 0.4) is 0 Å². The van der Waals surface area contributed by atoms with Gasteiger partial charge in [-0.2, -0.15) is 0 Å². The zero-order chi connectivity index (χ0) is 6.27. The van der Waals surface area contributed by atoms with Crippen molar-refractivity contribution in [3.8, 4) is 0 Å². The fraction of sp³-hybridized carbons (Fsp3) is 0.333. The Hall–Kier alpha value is -1.12. The van der Waals surface area contributed by atoms with Crippen molar-refractivity contribution in [2.24, 2.45) is 0 Å². The first-order chi connectivity index (χ1) is 4.38. The van der Waals surface area contributed by atoms with Crippen LogP contribution in [-0.2, 0) is 6.54 Å². The van der Waals surface area contributed by atoms with Gasteiger partial charge in [0.15, 0.2) is 0 Å². The lowest BCUT2D eigenvalue weighted by molar-refractivity contribution is -0.688. The fourth-order valence-electron chi connectivity index (χ4n) is 1.13. The van der Waals surface area contributed by atoms with Gasteiger partial charge in [-0.3, -0.25) is 4.79 Å². The van der Waals surface area contributed by atoms with Gasteiger partial charge in [0, 0.05) is 0 Å². The number of hydrogen-bond donors (Lipinski definition) is 1. The van der Waals surface area contributed by atoms with Crippen LogP contribution in [0.1, 0.15) is 16.9 Å². The number of ketones is 1. The molecule has 1 aromatic heterocycles. The van der Waals surface area contributed by atoms with Crippen LogP contribution < -0.4 is 4.57 Å². The molecule has 9 heavy (non-hydrogen) atoms. The summed E-state index contributed by atoms with van der Waals surface area (Å²) in [6.45, 7) is 0.845. The average molecular weight is 123 g/mol. The summed E-state index contributed by atoms with van der Waals surface area (Å²) in [6.07, 6.45) is 4.24. The van der Waals surface area contributed by atoms with E-state index in [2.05, 4.69) is 4.98 Å². The molecule has 1 aliphatic heterocycles. The van der Waals surface area contributed by atoms with Crippen molar-refractivity contribution < 1.29 is 9.36 Å². The number of carbonyl (C=O) groups excluding carboxylic acids is 1. The van der Waals surface area contributed by atoms with E-state index < -0.39 is 0 Å². The van der Waals surface area contributed by atoms with Gasteiger partial charge in [-0.15, -0.1) is 0 Å². The number of aryl methyl sites for hydroxylation is 1. The molecule has 3 heteroatoms. The van der Waals surface area contributed by atoms with Gasteiger partial charge in [0.1, 0.15) is 6.20 Å². The second-order valence-corrected chi connectivity index (χ2v) is 2.19. The van der Waals surface area contributed by atoms with Crippen molar-refractivity contribution in [3.05, 3.63) is 18.2 Å². The molecule has 0 fully saturated rings. The zero-order valence-electron chi connectivity index (χ0n) is 4.92. The molecular formula is C6H7N2O+. The lowest BCUT2D eigenvalue weighted by Crippen LogP contribution is -2.29. The summed E-state index contributed by atoms with van der Waals surface area (Å²) >= 11 is 0. The van der Waals surface area contributed by atoms with Crippen molar-refractivity contribution in [1.82, 2.24) is 4.98 Å². The second-order valence-electron chi connectivity index (χ2n) is 2.19. The lowest BCUT2D eigenvalue weighted by atomic mass is 10.3. The second kappa shape index (κ2) is 1.43. The van der Waals surface area contributed by atoms with Crippen molar-refractivity contribution in [1.29, 1.82) is 0 Å². The molecule has 1 aromatic rings. The highest BCUT2D eigenvalue weighted by atomic mass is 16.1. The number of fused-ring (bicyclic) bond motifs is 1. The van der Waals surface area contributed by atoms with Crippen LogP contribution in [0.5, 0.6) is 0 Å². The molecule has 3 nitrogen and oxygen atoms in total. The van der Waals surface area contributed by atoms with Crippen molar-refractivity contribution >= 4 is 5.78 Å². The summed E-state index contributed by atoms with van der Waals surface area (Å²) in [5, 5.41) is 0. The SMILES string of the molecule is O=C1CC[n+]2c[nH]cc21. The topological polar surface area (TPSA) is 36.7 Å². The highest BCUT2D eigenvalue weighted by Crippen LogP contribution is 2.02. The first-order valence-electron chi connectivity index (χ1n) is 2.97. The molecular weight excluding hydrogens is 116 g/mol. The lowest BCUT2D eigenvalue weighted by Gasteiger charge is -1.77. The van der Waals surface area contributed by atoms with Gasteiger partial charge in [-0.1, -0.05) is 0 Å². The van der Waals surface area contributed by atoms with E-state index in [-0.39, 0.29) is 5.78 Å². The minimum atomic E-state index is 0.247. The molecule has 0 radical (unpaired) electrons. The zero-order valence-corrected chi connectivity index (χ0v) is 4.92. The smallest absolute Gasteiger partial charge is 0.242 e. The number of Topliss-reactive ketones (excluding diaryl/α,β-unsaturated/α-hetero) is 1. The molecule has 0 amide bonds. The standard InChI is InChI=1S/C6H6N2O/c9-6-1-2-8-4-7-3-5(6)8/h3-4H,1-2H2/p+1. The van der Waals surface area contributed by atoms with Crippen LogP contribution in [0.15, 0.2) is 12.5 Å². The largest absolute Gasteiger partial charge is 0.290 e. The molecule has 1 aliphatic rings. The number of hydrogen-bond acceptors (Lipinski definition) is 1. The van der Waals surface area contributed by atoms with Crippen LogP contribution in [-0.4, -0.2) is 10.8 Å². The third kappa shape index (κ3) is 0.512. The van der Waals surface area contributed by atoms with E-state index in [1.807, 2.05) is 10.9 Å². The first kappa shape index (κ1) is 4.73. The van der Waals surface area contributed by atoms with Crippen LogP contribution in [0, 0.1) is 0 Å². The highest BCUT2D eigenvalue weighted by molar-refractivity contribution is 5.93. The highest BCUT2D eigenvalue weighted by Gasteiger charge is 2.24. The minimum absolute atomic E-state index is 0.247. The monoisotopic (exact) mass is 123 g/mol. The Morgan fingerprint density at radius 3 is 3.33 bits per heavy atom. The molecule has 0 bridgehead atoms. The number of nitrogens with one attached hydrogen (secondary N) is 1. The minimum Gasteiger partial charge on any atom is -0.290 e. The van der Waals surface area contributed by atoms with Gasteiger partial charge < -0.3 is 0 Å². The number of imidazole rings is 1. The number of aromatic nitrogens is 2. The molecule has 0 spiro atoms. The number of carbonyl (C=O) groups is 1. The summed E-state index contributed by atoms with van der Waals surface area (Å²) < 4.78 is 1.93. The molecule has 2 heterocycles. The third-order valence-electron chi connectivity index (χ3n) is 1.63. The number of nitrogens with zero attached hydrogens (tertiary/aromatic N) is 1. The van der Waals surface area contributed by atoms with Crippen molar-refractivity contribution in [2.75, 3.05) is 0 Å². The van der Waals surface area contributed by atoms with Gasteiger partial charge >= 0.3 is 0 Å². The molecule has 2 rings (SSSR count). The normalized spacial score (nSPS) is 16.2. The maximum atomic E-state index is 10.9. The van der Waals surface area contributed by atoms with Gasteiger partial charge in [-0.25, -0.2) is 9.55 Å². The van der Waals surface area contributed by atoms with Crippen molar-refractivity contribution in [3.63, 3.8) is 0 Å². The number of rotatable bonds is 0. The summed E-state index contributed by atoms with van der Waals surface area (Å²) in [6, 6.07) is 0.